The third-order valence-corrected chi connectivity index (χ3v) is 3.14. The molecule has 0 radical (unpaired) electrons. The highest BCUT2D eigenvalue weighted by atomic mass is 16.5. The summed E-state index contributed by atoms with van der Waals surface area (Å²) < 4.78 is 5.22. The molecule has 1 aliphatic carbocycles. The van der Waals surface area contributed by atoms with Gasteiger partial charge in [0.05, 0.1) is 5.54 Å². The first-order valence-electron chi connectivity index (χ1n) is 5.26. The minimum absolute atomic E-state index is 0.453. The molecule has 4 nitrogen and oxygen atoms in total. The first-order valence-corrected chi connectivity index (χ1v) is 5.26. The van der Waals surface area contributed by atoms with Crippen LogP contribution in [0.15, 0.2) is 4.52 Å². The van der Waals surface area contributed by atoms with Crippen molar-refractivity contribution in [3.05, 3.63) is 11.7 Å². The molecule has 0 saturated heterocycles. The molecule has 0 aromatic carbocycles. The van der Waals surface area contributed by atoms with E-state index in [1.54, 1.807) is 0 Å². The van der Waals surface area contributed by atoms with Crippen molar-refractivity contribution in [2.75, 3.05) is 0 Å². The van der Waals surface area contributed by atoms with E-state index in [4.69, 9.17) is 10.3 Å². The van der Waals surface area contributed by atoms with Gasteiger partial charge in [-0.1, -0.05) is 18.5 Å². The average molecular weight is 195 g/mol. The third kappa shape index (κ3) is 1.54. The Labute approximate surface area is 83.9 Å². The van der Waals surface area contributed by atoms with Crippen LogP contribution in [-0.2, 0) is 5.54 Å². The largest absolute Gasteiger partial charge is 0.339 e. The molecule has 0 spiro atoms. The average Bonchev–Trinajstić information content (AvgIpc) is 2.51. The van der Waals surface area contributed by atoms with Gasteiger partial charge in [-0.25, -0.2) is 0 Å². The summed E-state index contributed by atoms with van der Waals surface area (Å²) in [5, 5.41) is 3.95. The molecule has 0 aliphatic heterocycles. The van der Waals surface area contributed by atoms with Crippen LogP contribution in [0.4, 0.5) is 0 Å². The van der Waals surface area contributed by atoms with E-state index in [0.717, 1.165) is 12.3 Å². The molecule has 0 amide bonds. The first-order chi connectivity index (χ1) is 6.63. The van der Waals surface area contributed by atoms with Gasteiger partial charge in [0.15, 0.2) is 5.82 Å². The predicted molar refractivity (Wildman–Crippen MR) is 52.7 cm³/mol. The molecule has 1 aromatic rings. The van der Waals surface area contributed by atoms with E-state index < -0.39 is 5.54 Å². The summed E-state index contributed by atoms with van der Waals surface area (Å²) in [6.45, 7) is 3.96. The zero-order valence-electron chi connectivity index (χ0n) is 8.79. The maximum absolute atomic E-state index is 6.03. The molecule has 1 aliphatic rings. The molecule has 2 N–H and O–H groups in total. The lowest BCUT2D eigenvalue weighted by Crippen LogP contribution is -2.33. The summed E-state index contributed by atoms with van der Waals surface area (Å²) in [5.74, 6) is 1.90. The van der Waals surface area contributed by atoms with Gasteiger partial charge < -0.3 is 10.3 Å². The number of nitrogens with zero attached hydrogens (tertiary/aromatic N) is 2. The molecule has 14 heavy (non-hydrogen) atoms. The second-order valence-electron chi connectivity index (χ2n) is 4.36. The molecule has 1 fully saturated rings. The molecule has 1 aromatic heterocycles. The number of nitrogens with two attached hydrogens (primary N) is 1. The van der Waals surface area contributed by atoms with E-state index in [2.05, 4.69) is 10.1 Å². The van der Waals surface area contributed by atoms with Gasteiger partial charge >= 0.3 is 0 Å². The summed E-state index contributed by atoms with van der Waals surface area (Å²) in [4.78, 5) is 4.37. The minimum atomic E-state index is -0.453. The Bertz CT molecular complexity index is 315. The Morgan fingerprint density at radius 2 is 2.29 bits per heavy atom. The van der Waals surface area contributed by atoms with E-state index in [1.807, 2.05) is 13.8 Å². The van der Waals surface area contributed by atoms with Crippen LogP contribution in [0.2, 0.25) is 0 Å². The Kier molecular flexibility index (Phi) is 2.31. The van der Waals surface area contributed by atoms with Crippen molar-refractivity contribution in [3.8, 4) is 0 Å². The minimum Gasteiger partial charge on any atom is -0.339 e. The summed E-state index contributed by atoms with van der Waals surface area (Å²) in [6, 6.07) is 0. The molecule has 78 valence electrons. The highest BCUT2D eigenvalue weighted by Crippen LogP contribution is 2.35. The van der Waals surface area contributed by atoms with Crippen LogP contribution in [-0.4, -0.2) is 10.1 Å². The molecule has 1 heterocycles. The topological polar surface area (TPSA) is 64.9 Å². The fraction of sp³-hybridized carbons (Fsp3) is 0.800. The predicted octanol–water partition coefficient (Wildman–Crippen LogP) is 1.92. The number of rotatable bonds is 3. The monoisotopic (exact) mass is 195 g/mol. The van der Waals surface area contributed by atoms with Crippen LogP contribution in [0.1, 0.15) is 57.2 Å². The number of aromatic nitrogens is 2. The van der Waals surface area contributed by atoms with Crippen molar-refractivity contribution >= 4 is 0 Å². The molecular formula is C10H17N3O. The van der Waals surface area contributed by atoms with Crippen LogP contribution in [0, 0.1) is 0 Å². The maximum atomic E-state index is 6.03. The molecule has 1 unspecified atom stereocenters. The van der Waals surface area contributed by atoms with Gasteiger partial charge in [-0.15, -0.1) is 0 Å². The molecule has 2 rings (SSSR count). The van der Waals surface area contributed by atoms with Crippen molar-refractivity contribution in [3.63, 3.8) is 0 Å². The molecular weight excluding hydrogens is 178 g/mol. The highest BCUT2D eigenvalue weighted by molar-refractivity contribution is 5.04. The second kappa shape index (κ2) is 3.35. The number of hydrogen-bond donors (Lipinski definition) is 1. The van der Waals surface area contributed by atoms with E-state index in [0.29, 0.717) is 11.7 Å². The third-order valence-electron chi connectivity index (χ3n) is 3.14. The fourth-order valence-electron chi connectivity index (χ4n) is 1.45. The smallest absolute Gasteiger partial charge is 0.229 e. The van der Waals surface area contributed by atoms with Crippen LogP contribution in [0.3, 0.4) is 0 Å². The van der Waals surface area contributed by atoms with E-state index >= 15 is 0 Å². The first kappa shape index (κ1) is 9.65. The molecule has 1 atom stereocenters. The normalized spacial score (nSPS) is 21.6. The highest BCUT2D eigenvalue weighted by Gasteiger charge is 2.30. The van der Waals surface area contributed by atoms with E-state index in [1.165, 1.54) is 19.3 Å². The van der Waals surface area contributed by atoms with Crippen molar-refractivity contribution in [1.82, 2.24) is 10.1 Å². The summed E-state index contributed by atoms with van der Waals surface area (Å²) in [6.07, 6.45) is 4.44. The standard InChI is InChI=1S/C10H17N3O/c1-3-10(2,11)9-12-8(14-13-9)7-5-4-6-7/h7H,3-6,11H2,1-2H3. The second-order valence-corrected chi connectivity index (χ2v) is 4.36. The van der Waals surface area contributed by atoms with E-state index in [-0.39, 0.29) is 0 Å². The van der Waals surface area contributed by atoms with Gasteiger partial charge in [0.2, 0.25) is 5.89 Å². The lowest BCUT2D eigenvalue weighted by atomic mass is 9.85. The van der Waals surface area contributed by atoms with Gasteiger partial charge in [-0.2, -0.15) is 4.98 Å². The molecule has 4 heteroatoms. The van der Waals surface area contributed by atoms with Crippen molar-refractivity contribution < 1.29 is 4.52 Å². The maximum Gasteiger partial charge on any atom is 0.229 e. The van der Waals surface area contributed by atoms with Crippen molar-refractivity contribution in [1.29, 1.82) is 0 Å². The van der Waals surface area contributed by atoms with Crippen LogP contribution in [0.25, 0.3) is 0 Å². The SMILES string of the molecule is CCC(C)(N)c1noc(C2CCC2)n1. The Morgan fingerprint density at radius 1 is 1.57 bits per heavy atom. The molecule has 0 bridgehead atoms. The van der Waals surface area contributed by atoms with Crippen LogP contribution < -0.4 is 5.73 Å². The van der Waals surface area contributed by atoms with Crippen molar-refractivity contribution in [2.24, 2.45) is 5.73 Å². The summed E-state index contributed by atoms with van der Waals surface area (Å²) in [7, 11) is 0. The van der Waals surface area contributed by atoms with Crippen molar-refractivity contribution in [2.45, 2.75) is 51.0 Å². The van der Waals surface area contributed by atoms with Gasteiger partial charge in [-0.3, -0.25) is 0 Å². The molecule has 1 saturated carbocycles. The fourth-order valence-corrected chi connectivity index (χ4v) is 1.45. The zero-order valence-corrected chi connectivity index (χ0v) is 8.79. The summed E-state index contributed by atoms with van der Waals surface area (Å²) in [5.41, 5.74) is 5.57. The lowest BCUT2D eigenvalue weighted by molar-refractivity contribution is 0.287. The Balaban J connectivity index is 2.16. The van der Waals surface area contributed by atoms with E-state index in [9.17, 15) is 0 Å². The van der Waals surface area contributed by atoms with Gasteiger partial charge in [-0.05, 0) is 26.2 Å². The number of hydrogen-bond acceptors (Lipinski definition) is 4. The van der Waals surface area contributed by atoms with Crippen LogP contribution >= 0.6 is 0 Å². The zero-order chi connectivity index (χ0) is 10.2. The Hall–Kier alpha value is -0.900. The lowest BCUT2D eigenvalue weighted by Gasteiger charge is -2.21. The van der Waals surface area contributed by atoms with Gasteiger partial charge in [0, 0.05) is 5.92 Å². The van der Waals surface area contributed by atoms with Crippen LogP contribution in [0.5, 0.6) is 0 Å². The van der Waals surface area contributed by atoms with Gasteiger partial charge in [0.25, 0.3) is 0 Å². The van der Waals surface area contributed by atoms with Gasteiger partial charge in [0.1, 0.15) is 0 Å². The Morgan fingerprint density at radius 3 is 2.79 bits per heavy atom. The summed E-state index contributed by atoms with van der Waals surface area (Å²) >= 11 is 0. The quantitative estimate of drug-likeness (QED) is 0.800.